The molecule has 0 aliphatic heterocycles. The molecule has 4 aromatic rings. The van der Waals surface area contributed by atoms with Crippen molar-refractivity contribution in [3.8, 4) is 5.69 Å². The van der Waals surface area contributed by atoms with Crippen molar-refractivity contribution < 1.29 is 0 Å². The van der Waals surface area contributed by atoms with Crippen molar-refractivity contribution in [1.82, 2.24) is 19.7 Å². The zero-order valence-corrected chi connectivity index (χ0v) is 13.9. The fraction of sp³-hybridized carbons (Fsp3) is 0.0556. The first-order chi connectivity index (χ1) is 11.9. The zero-order chi connectivity index (χ0) is 16.4. The van der Waals surface area contributed by atoms with E-state index in [0.29, 0.717) is 0 Å². The number of nitrogens with one attached hydrogen (secondary N) is 1. The van der Waals surface area contributed by atoms with Crippen molar-refractivity contribution in [3.05, 3.63) is 67.1 Å². The van der Waals surface area contributed by atoms with Crippen LogP contribution in [0.3, 0.4) is 0 Å². The predicted molar refractivity (Wildman–Crippen MR) is 98.2 cm³/mol. The molecule has 2 aromatic carbocycles. The Kier molecular flexibility index (Phi) is 3.88. The molecule has 0 radical (unpaired) electrons. The fourth-order valence-electron chi connectivity index (χ4n) is 2.58. The maximum atomic E-state index is 4.48. The third kappa shape index (κ3) is 2.61. The van der Waals surface area contributed by atoms with Crippen molar-refractivity contribution in [2.24, 2.45) is 0 Å². The quantitative estimate of drug-likeness (QED) is 0.565. The summed E-state index contributed by atoms with van der Waals surface area (Å²) in [6.07, 6.45) is 5.42. The van der Waals surface area contributed by atoms with Crippen molar-refractivity contribution in [2.45, 2.75) is 4.90 Å². The van der Waals surface area contributed by atoms with E-state index >= 15 is 0 Å². The van der Waals surface area contributed by atoms with Crippen LogP contribution in [0.15, 0.2) is 72.0 Å². The number of hydrogen-bond acceptors (Lipinski definition) is 5. The number of fused-ring (bicyclic) bond motifs is 1. The van der Waals surface area contributed by atoms with E-state index in [9.17, 15) is 0 Å². The van der Waals surface area contributed by atoms with Gasteiger partial charge in [-0.25, -0.2) is 14.6 Å². The Balaban J connectivity index is 1.79. The Hall–Kier alpha value is -2.86. The van der Waals surface area contributed by atoms with Gasteiger partial charge in [-0.05, 0) is 30.5 Å². The van der Waals surface area contributed by atoms with Crippen LogP contribution < -0.4 is 5.32 Å². The van der Waals surface area contributed by atoms with E-state index in [1.807, 2.05) is 53.2 Å². The fourth-order valence-corrected chi connectivity index (χ4v) is 3.13. The van der Waals surface area contributed by atoms with Gasteiger partial charge in [-0.2, -0.15) is 5.10 Å². The third-order valence-electron chi connectivity index (χ3n) is 3.73. The summed E-state index contributed by atoms with van der Waals surface area (Å²) >= 11 is 1.70. The maximum absolute atomic E-state index is 4.48. The molecule has 0 unspecified atom stereocenters. The Labute approximate surface area is 143 Å². The molecule has 118 valence electrons. The van der Waals surface area contributed by atoms with Crippen LogP contribution in [0.5, 0.6) is 0 Å². The van der Waals surface area contributed by atoms with Gasteiger partial charge in [-0.15, -0.1) is 11.8 Å². The average Bonchev–Trinajstić information content (AvgIpc) is 3.08. The Morgan fingerprint density at radius 2 is 1.75 bits per heavy atom. The van der Waals surface area contributed by atoms with Crippen molar-refractivity contribution in [2.75, 3.05) is 11.6 Å². The molecule has 2 aromatic heterocycles. The SMILES string of the molecule is CSc1ccccc1Nc1ncnc2c1cnn2-c1ccccc1. The van der Waals surface area contributed by atoms with E-state index in [2.05, 4.69) is 32.7 Å². The Morgan fingerprint density at radius 1 is 0.958 bits per heavy atom. The number of rotatable bonds is 4. The molecule has 4 rings (SSSR count). The molecular formula is C18H15N5S. The minimum atomic E-state index is 0.753. The van der Waals surface area contributed by atoms with Crippen LogP contribution in [0.1, 0.15) is 0 Å². The second kappa shape index (κ2) is 6.33. The summed E-state index contributed by atoms with van der Waals surface area (Å²) in [7, 11) is 0. The van der Waals surface area contributed by atoms with Gasteiger partial charge in [-0.1, -0.05) is 30.3 Å². The van der Waals surface area contributed by atoms with Crippen molar-refractivity contribution >= 4 is 34.3 Å². The summed E-state index contributed by atoms with van der Waals surface area (Å²) in [5, 5.41) is 8.77. The van der Waals surface area contributed by atoms with E-state index in [4.69, 9.17) is 0 Å². The second-order valence-corrected chi connectivity index (χ2v) is 6.02. The zero-order valence-electron chi connectivity index (χ0n) is 13.0. The predicted octanol–water partition coefficient (Wildman–Crippen LogP) is 4.28. The largest absolute Gasteiger partial charge is 0.339 e. The number of thioether (sulfide) groups is 1. The van der Waals surface area contributed by atoms with Gasteiger partial charge in [0.15, 0.2) is 5.65 Å². The van der Waals surface area contributed by atoms with Gasteiger partial charge in [0.2, 0.25) is 0 Å². The highest BCUT2D eigenvalue weighted by molar-refractivity contribution is 7.98. The Bertz CT molecular complexity index is 981. The molecule has 1 N–H and O–H groups in total. The van der Waals surface area contributed by atoms with Crippen LogP contribution in [-0.2, 0) is 0 Å². The van der Waals surface area contributed by atoms with Gasteiger partial charge in [0.25, 0.3) is 0 Å². The van der Waals surface area contributed by atoms with E-state index < -0.39 is 0 Å². The van der Waals surface area contributed by atoms with Crippen LogP contribution in [0.2, 0.25) is 0 Å². The second-order valence-electron chi connectivity index (χ2n) is 5.18. The number of aromatic nitrogens is 4. The van der Waals surface area contributed by atoms with Gasteiger partial charge in [0, 0.05) is 4.90 Å². The molecule has 0 bridgehead atoms. The molecule has 6 heteroatoms. The average molecular weight is 333 g/mol. The van der Waals surface area contributed by atoms with Crippen molar-refractivity contribution in [3.63, 3.8) is 0 Å². The standard InChI is InChI=1S/C18H15N5S/c1-24-16-10-6-5-9-15(16)22-17-14-11-21-23(18(14)20-12-19-17)13-7-3-2-4-8-13/h2-12H,1H3,(H,19,20,22). The minimum Gasteiger partial charge on any atom is -0.339 e. The summed E-state index contributed by atoms with van der Waals surface area (Å²) in [6, 6.07) is 18.1. The lowest BCUT2D eigenvalue weighted by molar-refractivity contribution is 0.895. The van der Waals surface area contributed by atoms with E-state index in [1.54, 1.807) is 24.3 Å². The highest BCUT2D eigenvalue weighted by Gasteiger charge is 2.12. The minimum absolute atomic E-state index is 0.753. The lowest BCUT2D eigenvalue weighted by atomic mass is 10.3. The smallest absolute Gasteiger partial charge is 0.168 e. The summed E-state index contributed by atoms with van der Waals surface area (Å²) in [4.78, 5) is 9.97. The third-order valence-corrected chi connectivity index (χ3v) is 4.52. The molecule has 0 spiro atoms. The monoisotopic (exact) mass is 333 g/mol. The van der Waals surface area contributed by atoms with Crippen molar-refractivity contribution in [1.29, 1.82) is 0 Å². The van der Waals surface area contributed by atoms with Gasteiger partial charge in [-0.3, -0.25) is 0 Å². The number of benzene rings is 2. The van der Waals surface area contributed by atoms with Gasteiger partial charge in [0.05, 0.1) is 23.0 Å². The normalized spacial score (nSPS) is 10.9. The highest BCUT2D eigenvalue weighted by Crippen LogP contribution is 2.30. The summed E-state index contributed by atoms with van der Waals surface area (Å²) in [5.41, 5.74) is 2.78. The van der Waals surface area contributed by atoms with Gasteiger partial charge >= 0.3 is 0 Å². The summed E-state index contributed by atoms with van der Waals surface area (Å²) in [6.45, 7) is 0. The van der Waals surface area contributed by atoms with Crippen LogP contribution in [0, 0.1) is 0 Å². The molecule has 0 amide bonds. The molecule has 0 atom stereocenters. The van der Waals surface area contributed by atoms with Gasteiger partial charge < -0.3 is 5.32 Å². The molecule has 0 fully saturated rings. The molecule has 5 nitrogen and oxygen atoms in total. The number of para-hydroxylation sites is 2. The maximum Gasteiger partial charge on any atom is 0.168 e. The molecule has 0 saturated carbocycles. The molecule has 0 aliphatic rings. The van der Waals surface area contributed by atoms with E-state index in [1.165, 1.54) is 4.90 Å². The molecule has 24 heavy (non-hydrogen) atoms. The van der Waals surface area contributed by atoms with Gasteiger partial charge in [0.1, 0.15) is 12.1 Å². The first-order valence-corrected chi connectivity index (χ1v) is 8.73. The van der Waals surface area contributed by atoms with Crippen LogP contribution >= 0.6 is 11.8 Å². The molecule has 2 heterocycles. The number of nitrogens with zero attached hydrogens (tertiary/aromatic N) is 4. The molecule has 0 aliphatic carbocycles. The molecular weight excluding hydrogens is 318 g/mol. The summed E-state index contributed by atoms with van der Waals surface area (Å²) in [5.74, 6) is 0.753. The lowest BCUT2D eigenvalue weighted by Gasteiger charge is -2.10. The molecule has 0 saturated heterocycles. The topological polar surface area (TPSA) is 55.6 Å². The van der Waals surface area contributed by atoms with Crippen LogP contribution in [-0.4, -0.2) is 26.0 Å². The number of hydrogen-bond donors (Lipinski definition) is 1. The van der Waals surface area contributed by atoms with Crippen LogP contribution in [0.4, 0.5) is 11.5 Å². The van der Waals surface area contributed by atoms with E-state index in [-0.39, 0.29) is 0 Å². The first kappa shape index (κ1) is 14.7. The first-order valence-electron chi connectivity index (χ1n) is 7.51. The number of anilines is 2. The van der Waals surface area contributed by atoms with E-state index in [0.717, 1.165) is 28.2 Å². The highest BCUT2D eigenvalue weighted by atomic mass is 32.2. The lowest BCUT2D eigenvalue weighted by Crippen LogP contribution is -1.99. The summed E-state index contributed by atoms with van der Waals surface area (Å²) < 4.78 is 1.82. The van der Waals surface area contributed by atoms with Crippen LogP contribution in [0.25, 0.3) is 16.7 Å². The Morgan fingerprint density at radius 3 is 2.58 bits per heavy atom.